The van der Waals surface area contributed by atoms with Gasteiger partial charge >= 0.3 is 0 Å². The molecule has 0 spiro atoms. The average molecular weight is 696 g/mol. The van der Waals surface area contributed by atoms with Gasteiger partial charge in [-0.15, -0.1) is 11.3 Å². The first-order chi connectivity index (χ1) is 26.0. The second-order valence-corrected chi connectivity index (χ2v) is 15.6. The second-order valence-electron chi connectivity index (χ2n) is 14.6. The third-order valence-electron chi connectivity index (χ3n) is 11.2. The first-order valence-electron chi connectivity index (χ1n) is 18.2. The normalized spacial score (nSPS) is 13.2. The Kier molecular flexibility index (Phi) is 6.47. The first-order valence-corrected chi connectivity index (χ1v) is 19.0. The third kappa shape index (κ3) is 4.46. The summed E-state index contributed by atoms with van der Waals surface area (Å²) in [4.78, 5) is 12.1. The summed E-state index contributed by atoms with van der Waals surface area (Å²) in [5.41, 5.74) is 13.5. The van der Waals surface area contributed by atoms with Crippen molar-refractivity contribution < 1.29 is 0 Å². The molecule has 4 heteroatoms. The Balaban J connectivity index is 1.22. The van der Waals surface area contributed by atoms with Crippen LogP contribution in [-0.2, 0) is 5.41 Å². The molecule has 0 saturated carbocycles. The van der Waals surface area contributed by atoms with Crippen LogP contribution in [0.1, 0.15) is 25.0 Å². The van der Waals surface area contributed by atoms with Crippen molar-refractivity contribution in [3.05, 3.63) is 175 Å². The number of thiophene rings is 1. The van der Waals surface area contributed by atoms with E-state index in [0.29, 0.717) is 5.82 Å². The fourth-order valence-electron chi connectivity index (χ4n) is 8.64. The number of hydrogen-bond donors (Lipinski definition) is 0. The van der Waals surface area contributed by atoms with Crippen molar-refractivity contribution in [3.8, 4) is 50.6 Å². The van der Waals surface area contributed by atoms with Crippen molar-refractivity contribution in [1.29, 1.82) is 0 Å². The zero-order chi connectivity index (χ0) is 35.3. The van der Waals surface area contributed by atoms with Crippen LogP contribution >= 0.6 is 11.3 Å². The minimum Gasteiger partial charge on any atom is -0.299 e. The highest BCUT2D eigenvalue weighted by molar-refractivity contribution is 7.25. The highest BCUT2D eigenvalue weighted by Crippen LogP contribution is 2.53. The van der Waals surface area contributed by atoms with Crippen LogP contribution in [-0.4, -0.2) is 14.5 Å². The van der Waals surface area contributed by atoms with Gasteiger partial charge in [0.1, 0.15) is 4.83 Å². The zero-order valence-electron chi connectivity index (χ0n) is 29.3. The van der Waals surface area contributed by atoms with Gasteiger partial charge in [0.15, 0.2) is 5.82 Å². The summed E-state index contributed by atoms with van der Waals surface area (Å²) in [6.45, 7) is 4.74. The van der Waals surface area contributed by atoms with Crippen LogP contribution in [0.5, 0.6) is 0 Å². The van der Waals surface area contributed by atoms with Gasteiger partial charge in [-0.05, 0) is 63.7 Å². The molecule has 0 bridgehead atoms. The van der Waals surface area contributed by atoms with Gasteiger partial charge in [-0.25, -0.2) is 9.97 Å². The van der Waals surface area contributed by atoms with E-state index in [0.717, 1.165) is 50.0 Å². The third-order valence-corrected chi connectivity index (χ3v) is 12.3. The van der Waals surface area contributed by atoms with Crippen molar-refractivity contribution in [3.63, 3.8) is 0 Å². The number of nitrogens with zero attached hydrogens (tertiary/aromatic N) is 3. The van der Waals surface area contributed by atoms with Crippen molar-refractivity contribution in [2.24, 2.45) is 0 Å². The number of hydrogen-bond acceptors (Lipinski definition) is 3. The Morgan fingerprint density at radius 2 is 1.11 bits per heavy atom. The van der Waals surface area contributed by atoms with E-state index in [1.165, 1.54) is 48.0 Å². The lowest BCUT2D eigenvalue weighted by Crippen LogP contribution is -2.26. The molecule has 10 aromatic rings. The molecule has 0 atom stereocenters. The van der Waals surface area contributed by atoms with Gasteiger partial charge in [0.05, 0.1) is 22.4 Å². The lowest BCUT2D eigenvalue weighted by Gasteiger charge is -2.35. The van der Waals surface area contributed by atoms with Crippen LogP contribution in [0.2, 0.25) is 0 Å². The van der Waals surface area contributed by atoms with Gasteiger partial charge < -0.3 is 0 Å². The van der Waals surface area contributed by atoms with E-state index in [-0.39, 0.29) is 5.41 Å². The average Bonchev–Trinajstić information content (AvgIpc) is 3.75. The number of aromatic nitrogens is 3. The van der Waals surface area contributed by atoms with E-state index < -0.39 is 0 Å². The summed E-state index contributed by atoms with van der Waals surface area (Å²) in [6.07, 6.45) is 0. The maximum absolute atomic E-state index is 5.57. The van der Waals surface area contributed by atoms with Crippen LogP contribution in [0.15, 0.2) is 164 Å². The SMILES string of the molecule is CC1(C)c2cccc(-c3nc(-c4cc(-c5ccccc5)cc(-c5ccccc5)c4)nc4ccccc34)c2-n2c3sc4ccccc4c3c3cccc1c32. The van der Waals surface area contributed by atoms with Crippen molar-refractivity contribution in [1.82, 2.24) is 14.5 Å². The highest BCUT2D eigenvalue weighted by Gasteiger charge is 2.37. The van der Waals surface area contributed by atoms with Crippen LogP contribution < -0.4 is 0 Å². The molecule has 4 heterocycles. The van der Waals surface area contributed by atoms with Gasteiger partial charge in [-0.1, -0.05) is 147 Å². The quantitative estimate of drug-likeness (QED) is 0.183. The van der Waals surface area contributed by atoms with Crippen molar-refractivity contribution in [2.45, 2.75) is 19.3 Å². The van der Waals surface area contributed by atoms with Gasteiger partial charge in [-0.3, -0.25) is 4.57 Å². The molecule has 3 aromatic heterocycles. The van der Waals surface area contributed by atoms with E-state index in [4.69, 9.17) is 9.97 Å². The number of benzene rings is 7. The maximum Gasteiger partial charge on any atom is 0.160 e. The Morgan fingerprint density at radius 1 is 0.509 bits per heavy atom. The summed E-state index contributed by atoms with van der Waals surface area (Å²) < 4.78 is 3.86. The molecule has 0 radical (unpaired) electrons. The topological polar surface area (TPSA) is 30.7 Å². The fourth-order valence-corrected chi connectivity index (χ4v) is 9.87. The lowest BCUT2D eigenvalue weighted by atomic mass is 9.73. The van der Waals surface area contributed by atoms with Gasteiger partial charge in [0.25, 0.3) is 0 Å². The standard InChI is InChI=1S/C49H33N3S/c1-49(2)39-23-13-21-37-43-36-20-10-12-26-42(36)53-48(43)52(45(37)39)46-38(22-14-24-40(46)49)44-35-19-9-11-25-41(35)50-47(51-44)34-28-32(30-15-5-3-6-16-30)27-33(29-34)31-17-7-4-8-18-31/h3-29H,1-2H3. The Hall–Kier alpha value is -6.36. The monoisotopic (exact) mass is 695 g/mol. The summed E-state index contributed by atoms with van der Waals surface area (Å²) in [7, 11) is 0. The van der Waals surface area contributed by atoms with Crippen molar-refractivity contribution in [2.75, 3.05) is 0 Å². The first kappa shape index (κ1) is 30.3. The molecule has 11 rings (SSSR count). The van der Waals surface area contributed by atoms with Crippen LogP contribution in [0.3, 0.4) is 0 Å². The molecule has 0 fully saturated rings. The van der Waals surface area contributed by atoms with Crippen LogP contribution in [0, 0.1) is 0 Å². The zero-order valence-corrected chi connectivity index (χ0v) is 30.2. The molecule has 1 aliphatic heterocycles. The molecule has 53 heavy (non-hydrogen) atoms. The number of para-hydroxylation sites is 3. The molecule has 7 aromatic carbocycles. The summed E-state index contributed by atoms with van der Waals surface area (Å²) in [5, 5.41) is 5.00. The maximum atomic E-state index is 5.57. The lowest BCUT2D eigenvalue weighted by molar-refractivity contribution is 0.631. The number of fused-ring (bicyclic) bond motifs is 8. The summed E-state index contributed by atoms with van der Waals surface area (Å²) >= 11 is 1.88. The second kappa shape index (κ2) is 11.3. The number of rotatable bonds is 4. The Bertz CT molecular complexity index is 3020. The van der Waals surface area contributed by atoms with Crippen LogP contribution in [0.25, 0.3) is 92.7 Å². The molecule has 1 aliphatic rings. The van der Waals surface area contributed by atoms with Gasteiger partial charge in [0, 0.05) is 42.8 Å². The molecular formula is C49H33N3S. The summed E-state index contributed by atoms with van der Waals surface area (Å²) in [6, 6.07) is 58.9. The fraction of sp³-hybridized carbons (Fsp3) is 0.0612. The molecule has 0 unspecified atom stereocenters. The van der Waals surface area contributed by atoms with E-state index in [1.54, 1.807) is 0 Å². The summed E-state index contributed by atoms with van der Waals surface area (Å²) in [5.74, 6) is 0.714. The largest absolute Gasteiger partial charge is 0.299 e. The molecule has 0 N–H and O–H groups in total. The smallest absolute Gasteiger partial charge is 0.160 e. The van der Waals surface area contributed by atoms with E-state index in [2.05, 4.69) is 182 Å². The molecule has 0 aliphatic carbocycles. The van der Waals surface area contributed by atoms with Gasteiger partial charge in [0.2, 0.25) is 0 Å². The highest BCUT2D eigenvalue weighted by atomic mass is 32.1. The molecule has 0 amide bonds. The Labute approximate surface area is 311 Å². The minimum atomic E-state index is -0.225. The van der Waals surface area contributed by atoms with Crippen LogP contribution in [0.4, 0.5) is 0 Å². The molecular weight excluding hydrogens is 663 g/mol. The predicted molar refractivity (Wildman–Crippen MR) is 223 cm³/mol. The van der Waals surface area contributed by atoms with E-state index in [9.17, 15) is 0 Å². The predicted octanol–water partition coefficient (Wildman–Crippen LogP) is 13.2. The van der Waals surface area contributed by atoms with Crippen molar-refractivity contribution >= 4 is 53.4 Å². The van der Waals surface area contributed by atoms with Gasteiger partial charge in [-0.2, -0.15) is 0 Å². The van der Waals surface area contributed by atoms with E-state index >= 15 is 0 Å². The Morgan fingerprint density at radius 3 is 1.87 bits per heavy atom. The molecule has 0 saturated heterocycles. The van der Waals surface area contributed by atoms with E-state index in [1.807, 2.05) is 11.3 Å². The molecule has 3 nitrogen and oxygen atoms in total. The molecule has 250 valence electrons. The minimum absolute atomic E-state index is 0.225.